The van der Waals surface area contributed by atoms with Crippen LogP contribution in [-0.4, -0.2) is 48.9 Å². The van der Waals surface area contributed by atoms with Crippen LogP contribution in [0, 0.1) is 0 Å². The van der Waals surface area contributed by atoms with E-state index < -0.39 is 36.4 Å². The molecular formula is C15H26O7. The fourth-order valence-corrected chi connectivity index (χ4v) is 1.64. The molecule has 0 atom stereocenters. The van der Waals surface area contributed by atoms with Gasteiger partial charge in [0, 0.05) is 0 Å². The number of unbranched alkanes of at least 4 members (excludes halogenated alkanes) is 2. The first kappa shape index (κ1) is 20.4. The van der Waals surface area contributed by atoms with Crippen LogP contribution in [0.3, 0.4) is 0 Å². The summed E-state index contributed by atoms with van der Waals surface area (Å²) in [7, 11) is 1.07. The van der Waals surface area contributed by atoms with Crippen LogP contribution in [0.4, 0.5) is 0 Å². The van der Waals surface area contributed by atoms with Gasteiger partial charge in [-0.05, 0) is 12.8 Å². The average molecular weight is 318 g/mol. The lowest BCUT2D eigenvalue weighted by Crippen LogP contribution is -2.44. The largest absolute Gasteiger partial charge is 0.467 e. The zero-order valence-electron chi connectivity index (χ0n) is 13.6. The Morgan fingerprint density at radius 2 is 1.32 bits per heavy atom. The smallest absolute Gasteiger partial charge is 0.339 e. The normalized spacial score (nSPS) is 10.9. The van der Waals surface area contributed by atoms with Crippen molar-refractivity contribution in [3.05, 3.63) is 0 Å². The second-order valence-corrected chi connectivity index (χ2v) is 5.02. The van der Waals surface area contributed by atoms with Gasteiger partial charge < -0.3 is 19.3 Å². The highest BCUT2D eigenvalue weighted by molar-refractivity contribution is 5.90. The maximum absolute atomic E-state index is 11.7. The lowest BCUT2D eigenvalue weighted by Gasteiger charge is -2.23. The third-order valence-corrected chi connectivity index (χ3v) is 2.96. The number of methoxy groups -OCH3 is 1. The van der Waals surface area contributed by atoms with Crippen molar-refractivity contribution in [3.8, 4) is 0 Å². The van der Waals surface area contributed by atoms with Gasteiger partial charge in [-0.2, -0.15) is 0 Å². The molecule has 0 rings (SSSR count). The Labute approximate surface area is 130 Å². The minimum atomic E-state index is -2.26. The summed E-state index contributed by atoms with van der Waals surface area (Å²) in [5, 5.41) is 10.3. The topological polar surface area (TPSA) is 99.1 Å². The molecule has 7 heteroatoms. The molecule has 0 aliphatic carbocycles. The zero-order chi connectivity index (χ0) is 17.0. The molecular weight excluding hydrogens is 292 g/mol. The molecule has 0 bridgehead atoms. The summed E-state index contributed by atoms with van der Waals surface area (Å²) in [5.41, 5.74) is -2.26. The van der Waals surface area contributed by atoms with E-state index in [4.69, 9.17) is 9.47 Å². The van der Waals surface area contributed by atoms with Crippen molar-refractivity contribution < 1.29 is 33.7 Å². The van der Waals surface area contributed by atoms with Gasteiger partial charge >= 0.3 is 17.9 Å². The Morgan fingerprint density at radius 1 is 0.909 bits per heavy atom. The zero-order valence-corrected chi connectivity index (χ0v) is 13.6. The fraction of sp³-hybridized carbons (Fsp3) is 0.800. The molecule has 0 radical (unpaired) electrons. The van der Waals surface area contributed by atoms with Crippen LogP contribution in [0.2, 0.25) is 0 Å². The van der Waals surface area contributed by atoms with Gasteiger partial charge in [0.25, 0.3) is 0 Å². The van der Waals surface area contributed by atoms with E-state index in [9.17, 15) is 19.5 Å². The first-order chi connectivity index (χ1) is 10.4. The van der Waals surface area contributed by atoms with Crippen LogP contribution in [-0.2, 0) is 28.6 Å². The molecule has 0 amide bonds. The van der Waals surface area contributed by atoms with E-state index in [0.29, 0.717) is 12.8 Å². The van der Waals surface area contributed by atoms with Crippen molar-refractivity contribution in [2.45, 2.75) is 58.0 Å². The van der Waals surface area contributed by atoms with Crippen LogP contribution in [0.1, 0.15) is 52.4 Å². The Kier molecular flexibility index (Phi) is 10.2. The second kappa shape index (κ2) is 11.0. The minimum Gasteiger partial charge on any atom is -0.467 e. The number of hydrogen-bond donors (Lipinski definition) is 1. The van der Waals surface area contributed by atoms with E-state index in [-0.39, 0.29) is 13.2 Å². The van der Waals surface area contributed by atoms with E-state index >= 15 is 0 Å². The molecule has 0 saturated carbocycles. The van der Waals surface area contributed by atoms with Crippen LogP contribution < -0.4 is 0 Å². The first-order valence-electron chi connectivity index (χ1n) is 7.51. The summed E-state index contributed by atoms with van der Waals surface area (Å²) in [4.78, 5) is 35.0. The maximum atomic E-state index is 11.7. The summed E-state index contributed by atoms with van der Waals surface area (Å²) in [6, 6.07) is 0. The van der Waals surface area contributed by atoms with Gasteiger partial charge in [-0.25, -0.2) is 4.79 Å². The van der Waals surface area contributed by atoms with Crippen LogP contribution >= 0.6 is 0 Å². The summed E-state index contributed by atoms with van der Waals surface area (Å²) in [6.07, 6.45) is 1.76. The maximum Gasteiger partial charge on any atom is 0.339 e. The number of aliphatic hydroxyl groups is 1. The molecule has 0 aliphatic rings. The summed E-state index contributed by atoms with van der Waals surface area (Å²) >= 11 is 0. The molecule has 0 aromatic carbocycles. The quantitative estimate of drug-likeness (QED) is 0.349. The van der Waals surface area contributed by atoms with E-state index in [1.54, 1.807) is 0 Å². The third-order valence-electron chi connectivity index (χ3n) is 2.96. The average Bonchev–Trinajstić information content (AvgIpc) is 2.46. The predicted molar refractivity (Wildman–Crippen MR) is 77.9 cm³/mol. The highest BCUT2D eigenvalue weighted by Gasteiger charge is 2.43. The third kappa shape index (κ3) is 7.97. The Hall–Kier alpha value is -1.63. The van der Waals surface area contributed by atoms with Crippen LogP contribution in [0.15, 0.2) is 0 Å². The van der Waals surface area contributed by atoms with Gasteiger partial charge in [-0.1, -0.05) is 26.7 Å². The highest BCUT2D eigenvalue weighted by Crippen LogP contribution is 2.19. The molecule has 128 valence electrons. The van der Waals surface area contributed by atoms with Crippen LogP contribution in [0.5, 0.6) is 0 Å². The molecule has 1 N–H and O–H groups in total. The Morgan fingerprint density at radius 3 is 1.64 bits per heavy atom. The molecule has 0 aliphatic heterocycles. The van der Waals surface area contributed by atoms with E-state index in [2.05, 4.69) is 4.74 Å². The highest BCUT2D eigenvalue weighted by atomic mass is 16.6. The minimum absolute atomic E-state index is 0.202. The number of carbonyl (C=O) groups excluding carboxylic acids is 3. The van der Waals surface area contributed by atoms with Crippen molar-refractivity contribution in [2.24, 2.45) is 0 Å². The van der Waals surface area contributed by atoms with Gasteiger partial charge in [-0.3, -0.25) is 9.59 Å². The number of carbonyl (C=O) groups is 3. The molecule has 0 heterocycles. The lowest BCUT2D eigenvalue weighted by atomic mass is 9.95. The summed E-state index contributed by atoms with van der Waals surface area (Å²) < 4.78 is 14.3. The Balaban J connectivity index is 4.61. The molecule has 0 spiro atoms. The molecule has 0 unspecified atom stereocenters. The van der Waals surface area contributed by atoms with E-state index in [1.807, 2.05) is 13.8 Å². The van der Waals surface area contributed by atoms with Crippen molar-refractivity contribution in [3.63, 3.8) is 0 Å². The van der Waals surface area contributed by atoms with Gasteiger partial charge in [0.2, 0.25) is 0 Å². The number of ether oxygens (including phenoxy) is 3. The summed E-state index contributed by atoms with van der Waals surface area (Å²) in [5.74, 6) is -2.59. The SMILES string of the molecule is CCCCOC(=O)CC(O)(CC(=O)OCCCC)C(=O)OC. The van der Waals surface area contributed by atoms with Crippen LogP contribution in [0.25, 0.3) is 0 Å². The molecule has 0 fully saturated rings. The predicted octanol–water partition coefficient (Wildman–Crippen LogP) is 1.36. The number of rotatable bonds is 11. The molecule has 7 nitrogen and oxygen atoms in total. The van der Waals surface area contributed by atoms with Gasteiger partial charge in [-0.15, -0.1) is 0 Å². The first-order valence-corrected chi connectivity index (χ1v) is 7.51. The van der Waals surface area contributed by atoms with Gasteiger partial charge in [0.1, 0.15) is 0 Å². The molecule has 0 saturated heterocycles. The summed E-state index contributed by atoms with van der Waals surface area (Å²) in [6.45, 7) is 4.27. The Bertz CT molecular complexity index is 341. The van der Waals surface area contributed by atoms with Gasteiger partial charge in [0.05, 0.1) is 33.2 Å². The molecule has 0 aromatic heterocycles. The van der Waals surface area contributed by atoms with Crippen molar-refractivity contribution in [1.29, 1.82) is 0 Å². The standard InChI is InChI=1S/C15H26O7/c1-4-6-8-21-12(16)10-15(19,14(18)20-3)11-13(17)22-9-7-5-2/h19H,4-11H2,1-3H3. The van der Waals surface area contributed by atoms with Crippen molar-refractivity contribution in [1.82, 2.24) is 0 Å². The number of esters is 3. The van der Waals surface area contributed by atoms with Crippen molar-refractivity contribution >= 4 is 17.9 Å². The van der Waals surface area contributed by atoms with E-state index in [1.165, 1.54) is 0 Å². The van der Waals surface area contributed by atoms with Crippen molar-refractivity contribution in [2.75, 3.05) is 20.3 Å². The monoisotopic (exact) mass is 318 g/mol. The molecule has 22 heavy (non-hydrogen) atoms. The fourth-order valence-electron chi connectivity index (χ4n) is 1.64. The number of hydrogen-bond acceptors (Lipinski definition) is 7. The van der Waals surface area contributed by atoms with Gasteiger partial charge in [0.15, 0.2) is 5.60 Å². The molecule has 0 aromatic rings. The second-order valence-electron chi connectivity index (χ2n) is 5.02. The lowest BCUT2D eigenvalue weighted by molar-refractivity contribution is -0.175. The van der Waals surface area contributed by atoms with E-state index in [0.717, 1.165) is 20.0 Å².